The van der Waals surface area contributed by atoms with Gasteiger partial charge in [0.05, 0.1) is 5.41 Å². The number of ether oxygens (including phenoxy) is 1. The molecule has 1 aliphatic heterocycles. The van der Waals surface area contributed by atoms with Crippen molar-refractivity contribution in [3.8, 4) is 11.1 Å². The first-order chi connectivity index (χ1) is 16.6. The number of benzene rings is 2. The number of alkyl carbamates (subject to hydrolysis) is 1. The smallest absolute Gasteiger partial charge is 0.407 e. The van der Waals surface area contributed by atoms with Gasteiger partial charge in [-0.2, -0.15) is 0 Å². The van der Waals surface area contributed by atoms with Gasteiger partial charge in [-0.25, -0.2) is 4.79 Å². The molecule has 2 aliphatic rings. The minimum Gasteiger partial charge on any atom is -0.481 e. The number of nitrogens with one attached hydrogen (secondary N) is 1. The Morgan fingerprint density at radius 1 is 1.11 bits per heavy atom. The quantitative estimate of drug-likeness (QED) is 0.633. The Labute approximate surface area is 205 Å². The third-order valence-electron chi connectivity index (χ3n) is 7.38. The monoisotopic (exact) mass is 479 g/mol. The second-order valence-electron chi connectivity index (χ2n) is 10.1. The predicted octanol–water partition coefficient (Wildman–Crippen LogP) is 3.02. The van der Waals surface area contributed by atoms with Crippen molar-refractivity contribution in [1.29, 1.82) is 0 Å². The first-order valence-corrected chi connectivity index (χ1v) is 11.9. The van der Waals surface area contributed by atoms with E-state index in [1.165, 1.54) is 4.90 Å². The molecule has 1 saturated heterocycles. The van der Waals surface area contributed by atoms with Crippen LogP contribution in [0, 0.1) is 11.3 Å². The predicted molar refractivity (Wildman–Crippen MR) is 132 cm³/mol. The number of amides is 2. The summed E-state index contributed by atoms with van der Waals surface area (Å²) in [6, 6.07) is 15.3. The van der Waals surface area contributed by atoms with Crippen LogP contribution in [0.4, 0.5) is 4.79 Å². The highest BCUT2D eigenvalue weighted by Crippen LogP contribution is 2.44. The highest BCUT2D eigenvalue weighted by molar-refractivity contribution is 5.87. The fraction of sp³-hybridized carbons (Fsp3) is 0.444. The summed E-state index contributed by atoms with van der Waals surface area (Å²) in [6.45, 7) is 4.36. The van der Waals surface area contributed by atoms with Gasteiger partial charge in [0.2, 0.25) is 5.91 Å². The average Bonchev–Trinajstić information content (AvgIpc) is 3.31. The second kappa shape index (κ2) is 9.70. The molecule has 0 bridgehead atoms. The van der Waals surface area contributed by atoms with Crippen molar-refractivity contribution in [3.05, 3.63) is 59.7 Å². The van der Waals surface area contributed by atoms with Gasteiger partial charge >= 0.3 is 12.1 Å². The molecule has 2 unspecified atom stereocenters. The lowest BCUT2D eigenvalue weighted by Crippen LogP contribution is -2.53. The number of fused-ring (bicyclic) bond motifs is 3. The van der Waals surface area contributed by atoms with E-state index in [1.54, 1.807) is 6.92 Å². The Morgan fingerprint density at radius 2 is 1.69 bits per heavy atom. The summed E-state index contributed by atoms with van der Waals surface area (Å²) in [5.41, 5.74) is 3.50. The zero-order chi connectivity index (χ0) is 25.3. The van der Waals surface area contributed by atoms with Crippen molar-refractivity contribution in [2.75, 3.05) is 40.3 Å². The van der Waals surface area contributed by atoms with Crippen molar-refractivity contribution in [1.82, 2.24) is 15.1 Å². The van der Waals surface area contributed by atoms with Crippen molar-refractivity contribution < 1.29 is 24.2 Å². The fourth-order valence-electron chi connectivity index (χ4n) is 5.15. The zero-order valence-electron chi connectivity index (χ0n) is 20.7. The van der Waals surface area contributed by atoms with E-state index in [0.29, 0.717) is 6.54 Å². The van der Waals surface area contributed by atoms with E-state index in [-0.39, 0.29) is 37.4 Å². The van der Waals surface area contributed by atoms with Gasteiger partial charge in [-0.15, -0.1) is 0 Å². The zero-order valence-corrected chi connectivity index (χ0v) is 20.7. The van der Waals surface area contributed by atoms with Crippen LogP contribution in [0.2, 0.25) is 0 Å². The van der Waals surface area contributed by atoms with Crippen LogP contribution in [0.1, 0.15) is 30.9 Å². The van der Waals surface area contributed by atoms with Gasteiger partial charge in [0.15, 0.2) is 0 Å². The van der Waals surface area contributed by atoms with Crippen LogP contribution in [0.5, 0.6) is 0 Å². The maximum absolute atomic E-state index is 13.3. The van der Waals surface area contributed by atoms with Gasteiger partial charge in [0, 0.05) is 25.6 Å². The lowest BCUT2D eigenvalue weighted by Gasteiger charge is -2.27. The molecule has 0 spiro atoms. The highest BCUT2D eigenvalue weighted by Gasteiger charge is 2.48. The maximum Gasteiger partial charge on any atom is 0.407 e. The lowest BCUT2D eigenvalue weighted by molar-refractivity contribution is -0.149. The van der Waals surface area contributed by atoms with Crippen LogP contribution in [-0.2, 0) is 14.3 Å². The number of hydrogen-bond acceptors (Lipinski definition) is 5. The molecule has 4 rings (SSSR count). The van der Waals surface area contributed by atoms with E-state index in [1.807, 2.05) is 62.3 Å². The Morgan fingerprint density at radius 3 is 2.20 bits per heavy atom. The van der Waals surface area contributed by atoms with Crippen LogP contribution >= 0.6 is 0 Å². The molecule has 8 heteroatoms. The Bertz CT molecular complexity index is 1090. The van der Waals surface area contributed by atoms with Gasteiger partial charge in [0.25, 0.3) is 0 Å². The van der Waals surface area contributed by atoms with Crippen LogP contribution < -0.4 is 5.32 Å². The topological polar surface area (TPSA) is 99.2 Å². The molecular weight excluding hydrogens is 446 g/mol. The number of nitrogens with zero attached hydrogens (tertiary/aromatic N) is 2. The second-order valence-corrected chi connectivity index (χ2v) is 10.1. The maximum atomic E-state index is 13.3. The number of carbonyl (C=O) groups excluding carboxylic acids is 2. The molecular formula is C27H33N3O5. The summed E-state index contributed by atoms with van der Waals surface area (Å²) in [5.74, 6) is -1.50. The van der Waals surface area contributed by atoms with Crippen LogP contribution in [0.15, 0.2) is 48.5 Å². The summed E-state index contributed by atoms with van der Waals surface area (Å²) < 4.78 is 5.63. The highest BCUT2D eigenvalue weighted by atomic mass is 16.5. The molecule has 2 N–H and O–H groups in total. The van der Waals surface area contributed by atoms with Crippen LogP contribution in [-0.4, -0.2) is 79.3 Å². The summed E-state index contributed by atoms with van der Waals surface area (Å²) in [5, 5.41) is 12.4. The van der Waals surface area contributed by atoms with Gasteiger partial charge < -0.3 is 25.0 Å². The summed E-state index contributed by atoms with van der Waals surface area (Å²) in [6.07, 6.45) is -0.666. The molecule has 8 nitrogen and oxygen atoms in total. The minimum absolute atomic E-state index is 0.0770. The molecule has 2 amide bonds. The van der Waals surface area contributed by atoms with E-state index >= 15 is 0 Å². The molecule has 35 heavy (non-hydrogen) atoms. The number of rotatable bonds is 7. The normalized spacial score (nSPS) is 22.0. The first kappa shape index (κ1) is 24.7. The molecule has 1 fully saturated rings. The summed E-state index contributed by atoms with van der Waals surface area (Å²) in [7, 11) is 3.63. The van der Waals surface area contributed by atoms with E-state index in [2.05, 4.69) is 17.4 Å². The largest absolute Gasteiger partial charge is 0.481 e. The molecule has 2 aromatic rings. The summed E-state index contributed by atoms with van der Waals surface area (Å²) >= 11 is 0. The van der Waals surface area contributed by atoms with Gasteiger partial charge in [-0.1, -0.05) is 55.5 Å². The standard InChI is InChI=1S/C27H33N3O5/c1-17-13-30(16-27(17,2)25(32)33)24(31)23(14-29(3)4)28-26(34)35-15-22-20-11-7-5-9-18(20)19-10-6-8-12-21(19)22/h5-12,17,22-23H,13-16H2,1-4H3,(H,28,34)(H,32,33)/t17?,23-,27?/m0/s1. The molecule has 0 radical (unpaired) electrons. The molecule has 2 aromatic carbocycles. The SMILES string of the molecule is CC1CN(C(=O)[C@H](CN(C)C)NC(=O)OCC2c3ccccc3-c3ccccc32)CC1(C)C(=O)O. The number of likely N-dealkylation sites (N-methyl/N-ethyl adjacent to an activating group) is 1. The number of carboxylic acids is 1. The van der Waals surface area contributed by atoms with E-state index in [4.69, 9.17) is 4.74 Å². The lowest BCUT2D eigenvalue weighted by atomic mass is 9.81. The molecule has 186 valence electrons. The third kappa shape index (κ3) is 4.75. The number of hydrogen-bond donors (Lipinski definition) is 2. The third-order valence-corrected chi connectivity index (χ3v) is 7.38. The van der Waals surface area contributed by atoms with Crippen molar-refractivity contribution in [2.45, 2.75) is 25.8 Å². The van der Waals surface area contributed by atoms with E-state index in [9.17, 15) is 19.5 Å². The number of aliphatic carboxylic acids is 1. The van der Waals surface area contributed by atoms with Crippen LogP contribution in [0.3, 0.4) is 0 Å². The van der Waals surface area contributed by atoms with Gasteiger partial charge in [-0.3, -0.25) is 9.59 Å². The van der Waals surface area contributed by atoms with Gasteiger partial charge in [-0.05, 0) is 49.2 Å². The number of carbonyl (C=O) groups is 3. The summed E-state index contributed by atoms with van der Waals surface area (Å²) in [4.78, 5) is 41.2. The fourth-order valence-corrected chi connectivity index (χ4v) is 5.15. The van der Waals surface area contributed by atoms with Crippen molar-refractivity contribution >= 4 is 18.0 Å². The molecule has 3 atom stereocenters. The van der Waals surface area contributed by atoms with E-state index in [0.717, 1.165) is 22.3 Å². The molecule has 0 saturated carbocycles. The average molecular weight is 480 g/mol. The number of likely N-dealkylation sites (tertiary alicyclic amines) is 1. The molecule has 1 heterocycles. The minimum atomic E-state index is -1.01. The van der Waals surface area contributed by atoms with Crippen molar-refractivity contribution in [3.63, 3.8) is 0 Å². The Balaban J connectivity index is 1.44. The first-order valence-electron chi connectivity index (χ1n) is 11.9. The molecule has 0 aromatic heterocycles. The molecule has 1 aliphatic carbocycles. The Hall–Kier alpha value is -3.39. The van der Waals surface area contributed by atoms with Gasteiger partial charge in [0.1, 0.15) is 12.6 Å². The van der Waals surface area contributed by atoms with Crippen molar-refractivity contribution in [2.24, 2.45) is 11.3 Å². The van der Waals surface area contributed by atoms with E-state index < -0.39 is 23.5 Å². The number of carboxylic acid groups (broad SMARTS) is 1. The van der Waals surface area contributed by atoms with Crippen LogP contribution in [0.25, 0.3) is 11.1 Å². The Kier molecular flexibility index (Phi) is 6.85.